The summed E-state index contributed by atoms with van der Waals surface area (Å²) in [6.07, 6.45) is -3.55. The lowest BCUT2D eigenvalue weighted by Crippen LogP contribution is -2.51. The van der Waals surface area contributed by atoms with Crippen molar-refractivity contribution in [1.29, 1.82) is 0 Å². The van der Waals surface area contributed by atoms with E-state index in [4.69, 9.17) is 5.73 Å². The summed E-state index contributed by atoms with van der Waals surface area (Å²) in [6.45, 7) is 0.268. The van der Waals surface area contributed by atoms with E-state index in [0.717, 1.165) is 0 Å². The summed E-state index contributed by atoms with van der Waals surface area (Å²) in [4.78, 5) is 0. The van der Waals surface area contributed by atoms with Crippen LogP contribution in [0, 0.1) is 0 Å². The first-order chi connectivity index (χ1) is 5.00. The average molecular weight is 168 g/mol. The molecule has 1 aliphatic heterocycles. The van der Waals surface area contributed by atoms with Crippen molar-refractivity contribution in [2.45, 2.75) is 31.1 Å². The fraction of sp³-hybridized carbons (Fsp3) is 1.00. The van der Waals surface area contributed by atoms with E-state index in [1.807, 2.05) is 0 Å². The molecule has 2 nitrogen and oxygen atoms in total. The third-order valence-electron chi connectivity index (χ3n) is 1.85. The molecular weight excluding hydrogens is 157 g/mol. The highest BCUT2D eigenvalue weighted by Crippen LogP contribution is 2.25. The summed E-state index contributed by atoms with van der Waals surface area (Å²) in [7, 11) is 0. The van der Waals surface area contributed by atoms with Gasteiger partial charge in [0, 0.05) is 12.6 Å². The van der Waals surface area contributed by atoms with E-state index in [1.165, 1.54) is 0 Å². The van der Waals surface area contributed by atoms with Crippen LogP contribution < -0.4 is 11.1 Å². The summed E-state index contributed by atoms with van der Waals surface area (Å²) in [5, 5.41) is 2.36. The summed E-state index contributed by atoms with van der Waals surface area (Å²) in [5.41, 5.74) is 5.41. The monoisotopic (exact) mass is 168 g/mol. The summed E-state index contributed by atoms with van der Waals surface area (Å²) >= 11 is 0. The van der Waals surface area contributed by atoms with E-state index in [2.05, 4.69) is 5.32 Å². The molecule has 0 amide bonds. The molecule has 1 saturated heterocycles. The van der Waals surface area contributed by atoms with Gasteiger partial charge in [-0.1, -0.05) is 0 Å². The zero-order valence-corrected chi connectivity index (χ0v) is 5.99. The Kier molecular flexibility index (Phi) is 2.39. The summed E-state index contributed by atoms with van der Waals surface area (Å²) in [6, 6.07) is -1.46. The van der Waals surface area contributed by atoms with E-state index in [1.54, 1.807) is 0 Å². The Labute approximate surface area is 62.9 Å². The number of hydrogen-bond donors (Lipinski definition) is 2. The second-order valence-corrected chi connectivity index (χ2v) is 2.84. The molecule has 0 bridgehead atoms. The maximum absolute atomic E-state index is 12.0. The lowest BCUT2D eigenvalue weighted by Gasteiger charge is -2.28. The van der Waals surface area contributed by atoms with Crippen LogP contribution in [-0.2, 0) is 0 Å². The minimum absolute atomic E-state index is 0.102. The van der Waals surface area contributed by atoms with Gasteiger partial charge in [0.1, 0.15) is 6.04 Å². The molecule has 66 valence electrons. The SMILES string of the molecule is N[C@@H]1CC[C@H](C(F)(F)F)NC1. The Balaban J connectivity index is 2.39. The normalized spacial score (nSPS) is 33.8. The third-order valence-corrected chi connectivity index (χ3v) is 1.85. The first kappa shape index (κ1) is 8.80. The van der Waals surface area contributed by atoms with Gasteiger partial charge in [-0.3, -0.25) is 0 Å². The van der Waals surface area contributed by atoms with Crippen LogP contribution in [0.15, 0.2) is 0 Å². The minimum atomic E-state index is -4.11. The molecule has 1 fully saturated rings. The summed E-state index contributed by atoms with van der Waals surface area (Å²) in [5.74, 6) is 0. The molecule has 2 atom stereocenters. The summed E-state index contributed by atoms with van der Waals surface area (Å²) < 4.78 is 35.9. The molecule has 0 unspecified atom stereocenters. The van der Waals surface area contributed by atoms with Crippen LogP contribution in [0.5, 0.6) is 0 Å². The van der Waals surface area contributed by atoms with Gasteiger partial charge in [0.05, 0.1) is 0 Å². The maximum atomic E-state index is 12.0. The largest absolute Gasteiger partial charge is 0.403 e. The van der Waals surface area contributed by atoms with Gasteiger partial charge in [0.15, 0.2) is 0 Å². The van der Waals surface area contributed by atoms with E-state index < -0.39 is 12.2 Å². The predicted molar refractivity (Wildman–Crippen MR) is 35.1 cm³/mol. The van der Waals surface area contributed by atoms with Crippen molar-refractivity contribution in [1.82, 2.24) is 5.32 Å². The van der Waals surface area contributed by atoms with Crippen LogP contribution in [0.2, 0.25) is 0 Å². The van der Waals surface area contributed by atoms with Gasteiger partial charge in [-0.25, -0.2) is 0 Å². The quantitative estimate of drug-likeness (QED) is 0.556. The van der Waals surface area contributed by atoms with Crippen LogP contribution in [0.4, 0.5) is 13.2 Å². The van der Waals surface area contributed by atoms with E-state index in [0.29, 0.717) is 6.42 Å². The lowest BCUT2D eigenvalue weighted by atomic mass is 10.0. The molecule has 0 radical (unpaired) electrons. The van der Waals surface area contributed by atoms with Gasteiger partial charge in [-0.15, -0.1) is 0 Å². The fourth-order valence-corrected chi connectivity index (χ4v) is 1.16. The Hall–Kier alpha value is -0.290. The van der Waals surface area contributed by atoms with Gasteiger partial charge in [-0.05, 0) is 12.8 Å². The van der Waals surface area contributed by atoms with Crippen molar-refractivity contribution in [2.75, 3.05) is 6.54 Å². The molecule has 11 heavy (non-hydrogen) atoms. The zero-order valence-electron chi connectivity index (χ0n) is 5.99. The van der Waals surface area contributed by atoms with Crippen LogP contribution in [-0.4, -0.2) is 24.8 Å². The molecular formula is C6H11F3N2. The minimum Gasteiger partial charge on any atom is -0.327 e. The van der Waals surface area contributed by atoms with Gasteiger partial charge >= 0.3 is 6.18 Å². The van der Waals surface area contributed by atoms with Crippen LogP contribution in [0.3, 0.4) is 0 Å². The van der Waals surface area contributed by atoms with E-state index in [9.17, 15) is 13.2 Å². The average Bonchev–Trinajstić information content (AvgIpc) is 1.86. The van der Waals surface area contributed by atoms with E-state index >= 15 is 0 Å². The van der Waals surface area contributed by atoms with Gasteiger partial charge in [-0.2, -0.15) is 13.2 Å². The standard InChI is InChI=1S/C6H11F3N2/c7-6(8,9)5-2-1-4(10)3-11-5/h4-5,11H,1-3,10H2/t4-,5-/m1/s1. The molecule has 0 aliphatic carbocycles. The fourth-order valence-electron chi connectivity index (χ4n) is 1.16. The molecule has 1 heterocycles. The molecule has 0 spiro atoms. The highest BCUT2D eigenvalue weighted by molar-refractivity contribution is 4.84. The third kappa shape index (κ3) is 2.34. The molecule has 5 heteroatoms. The molecule has 3 N–H and O–H groups in total. The second kappa shape index (κ2) is 2.98. The number of halogens is 3. The number of rotatable bonds is 0. The Morgan fingerprint density at radius 1 is 1.27 bits per heavy atom. The van der Waals surface area contributed by atoms with Gasteiger partial charge in [0.25, 0.3) is 0 Å². The second-order valence-electron chi connectivity index (χ2n) is 2.84. The van der Waals surface area contributed by atoms with Crippen molar-refractivity contribution in [3.8, 4) is 0 Å². The Morgan fingerprint density at radius 3 is 2.27 bits per heavy atom. The smallest absolute Gasteiger partial charge is 0.327 e. The zero-order chi connectivity index (χ0) is 8.48. The Bertz CT molecular complexity index is 126. The molecule has 1 rings (SSSR count). The van der Waals surface area contributed by atoms with Gasteiger partial charge < -0.3 is 11.1 Å². The van der Waals surface area contributed by atoms with Crippen molar-refractivity contribution >= 4 is 0 Å². The predicted octanol–water partition coefficient (Wildman–Crippen LogP) is 0.628. The highest BCUT2D eigenvalue weighted by Gasteiger charge is 2.40. The number of nitrogens with two attached hydrogens (primary N) is 1. The van der Waals surface area contributed by atoms with Crippen LogP contribution in [0.25, 0.3) is 0 Å². The van der Waals surface area contributed by atoms with Crippen LogP contribution >= 0.6 is 0 Å². The molecule has 0 aromatic heterocycles. The van der Waals surface area contributed by atoms with Crippen LogP contribution in [0.1, 0.15) is 12.8 Å². The number of alkyl halides is 3. The van der Waals surface area contributed by atoms with Crippen molar-refractivity contribution in [3.63, 3.8) is 0 Å². The van der Waals surface area contributed by atoms with E-state index in [-0.39, 0.29) is 19.0 Å². The van der Waals surface area contributed by atoms with Gasteiger partial charge in [0.2, 0.25) is 0 Å². The Morgan fingerprint density at radius 2 is 1.91 bits per heavy atom. The number of nitrogens with one attached hydrogen (secondary N) is 1. The molecule has 0 aromatic rings. The number of hydrogen-bond acceptors (Lipinski definition) is 2. The maximum Gasteiger partial charge on any atom is 0.403 e. The first-order valence-corrected chi connectivity index (χ1v) is 3.56. The van der Waals surface area contributed by atoms with Crippen molar-refractivity contribution < 1.29 is 13.2 Å². The highest BCUT2D eigenvalue weighted by atomic mass is 19.4. The topological polar surface area (TPSA) is 38.0 Å². The molecule has 0 saturated carbocycles. The van der Waals surface area contributed by atoms with Crippen molar-refractivity contribution in [2.24, 2.45) is 5.73 Å². The molecule has 0 aromatic carbocycles. The van der Waals surface area contributed by atoms with Crippen molar-refractivity contribution in [3.05, 3.63) is 0 Å². The first-order valence-electron chi connectivity index (χ1n) is 3.56. The lowest BCUT2D eigenvalue weighted by molar-refractivity contribution is -0.160. The number of piperidine rings is 1. The molecule has 1 aliphatic rings.